The van der Waals surface area contributed by atoms with Crippen LogP contribution in [0.3, 0.4) is 0 Å². The first-order valence-electron chi connectivity index (χ1n) is 10.2. The second-order valence-electron chi connectivity index (χ2n) is 7.61. The van der Waals surface area contributed by atoms with Gasteiger partial charge in [-0.25, -0.2) is 4.68 Å². The van der Waals surface area contributed by atoms with Crippen LogP contribution in [0.2, 0.25) is 10.0 Å². The average molecular weight is 471 g/mol. The number of methoxy groups -OCH3 is 2. The van der Waals surface area contributed by atoms with E-state index in [9.17, 15) is 4.79 Å². The van der Waals surface area contributed by atoms with Gasteiger partial charge >= 0.3 is 0 Å². The number of ketones is 1. The van der Waals surface area contributed by atoms with E-state index in [4.69, 9.17) is 42.8 Å². The van der Waals surface area contributed by atoms with Gasteiger partial charge in [0.05, 0.1) is 24.3 Å². The maximum atomic E-state index is 13.1. The van der Waals surface area contributed by atoms with Crippen molar-refractivity contribution in [2.45, 2.75) is 25.3 Å². The number of fused-ring (bicyclic) bond motifs is 1. The third-order valence-electron chi connectivity index (χ3n) is 5.77. The standard InChI is InChI=1S/C23H20Cl2N4O3/c1-31-18-8-3-5-13(21(18)32-2)20-19-16(6-4-7-17(19)30)26-23-27-22(28-29(20)23)12-9-10-14(24)15(25)11-12/h3,5,8-11,20H,4,6-7H2,1-2H3,(H,26,27,28). The molecule has 0 bridgehead atoms. The summed E-state index contributed by atoms with van der Waals surface area (Å²) < 4.78 is 12.9. The van der Waals surface area contributed by atoms with Crippen LogP contribution in [0.1, 0.15) is 30.9 Å². The van der Waals surface area contributed by atoms with E-state index in [0.717, 1.165) is 29.7 Å². The van der Waals surface area contributed by atoms with E-state index in [1.807, 2.05) is 24.3 Å². The fourth-order valence-corrected chi connectivity index (χ4v) is 4.63. The van der Waals surface area contributed by atoms with E-state index in [-0.39, 0.29) is 5.78 Å². The summed E-state index contributed by atoms with van der Waals surface area (Å²) in [6.07, 6.45) is 2.05. The van der Waals surface area contributed by atoms with Crippen LogP contribution in [-0.4, -0.2) is 34.8 Å². The Morgan fingerprint density at radius 3 is 2.69 bits per heavy atom. The van der Waals surface area contributed by atoms with Crippen molar-refractivity contribution in [3.05, 3.63) is 63.3 Å². The molecule has 2 heterocycles. The number of ether oxygens (including phenoxy) is 2. The highest BCUT2D eigenvalue weighted by molar-refractivity contribution is 6.42. The summed E-state index contributed by atoms with van der Waals surface area (Å²) in [6, 6.07) is 10.4. The Kier molecular flexibility index (Phi) is 5.31. The van der Waals surface area contributed by atoms with Crippen molar-refractivity contribution in [3.8, 4) is 22.9 Å². The molecule has 1 atom stereocenters. The second-order valence-corrected chi connectivity index (χ2v) is 8.43. The van der Waals surface area contributed by atoms with Crippen molar-refractivity contribution >= 4 is 34.9 Å². The molecule has 2 aromatic carbocycles. The SMILES string of the molecule is COc1cccc(C2C3=C(CCCC3=O)Nc3nc(-c4ccc(Cl)c(Cl)c4)nn32)c1OC. The number of hydrogen-bond donors (Lipinski definition) is 1. The number of para-hydroxylation sites is 1. The minimum atomic E-state index is -0.497. The second kappa shape index (κ2) is 8.15. The van der Waals surface area contributed by atoms with Crippen LogP contribution in [0, 0.1) is 0 Å². The number of carbonyl (C=O) groups is 1. The Morgan fingerprint density at radius 1 is 1.09 bits per heavy atom. The number of carbonyl (C=O) groups excluding carboxylic acids is 1. The quantitative estimate of drug-likeness (QED) is 0.557. The molecule has 0 saturated carbocycles. The lowest BCUT2D eigenvalue weighted by Crippen LogP contribution is -2.31. The summed E-state index contributed by atoms with van der Waals surface area (Å²) in [7, 11) is 3.17. The van der Waals surface area contributed by atoms with Crippen molar-refractivity contribution in [1.82, 2.24) is 14.8 Å². The van der Waals surface area contributed by atoms with Gasteiger partial charge in [0.25, 0.3) is 0 Å². The Morgan fingerprint density at radius 2 is 1.94 bits per heavy atom. The molecule has 0 saturated heterocycles. The van der Waals surface area contributed by atoms with Crippen molar-refractivity contribution < 1.29 is 14.3 Å². The third kappa shape index (κ3) is 3.32. The number of anilines is 1. The molecule has 2 aliphatic rings. The molecule has 1 N–H and O–H groups in total. The Hall–Kier alpha value is -3.03. The molecule has 1 unspecified atom stereocenters. The number of rotatable bonds is 4. The molecule has 0 amide bonds. The number of aromatic nitrogens is 3. The van der Waals surface area contributed by atoms with E-state index < -0.39 is 6.04 Å². The van der Waals surface area contributed by atoms with Gasteiger partial charge in [0.2, 0.25) is 5.95 Å². The number of halogens is 2. The molecule has 5 rings (SSSR count). The fraction of sp³-hybridized carbons (Fsp3) is 0.261. The molecule has 0 radical (unpaired) electrons. The highest BCUT2D eigenvalue weighted by atomic mass is 35.5. The maximum absolute atomic E-state index is 13.1. The highest BCUT2D eigenvalue weighted by Crippen LogP contribution is 2.45. The van der Waals surface area contributed by atoms with E-state index in [2.05, 4.69) is 5.32 Å². The maximum Gasteiger partial charge on any atom is 0.226 e. The van der Waals surface area contributed by atoms with Crippen LogP contribution in [0.4, 0.5) is 5.95 Å². The van der Waals surface area contributed by atoms with Crippen molar-refractivity contribution in [3.63, 3.8) is 0 Å². The minimum Gasteiger partial charge on any atom is -0.493 e. The zero-order chi connectivity index (χ0) is 22.4. The van der Waals surface area contributed by atoms with Crippen LogP contribution >= 0.6 is 23.2 Å². The average Bonchev–Trinajstić information content (AvgIpc) is 3.22. The lowest BCUT2D eigenvalue weighted by atomic mass is 9.85. The van der Waals surface area contributed by atoms with E-state index in [0.29, 0.717) is 45.3 Å². The Balaban J connectivity index is 1.72. The van der Waals surface area contributed by atoms with Gasteiger partial charge in [-0.1, -0.05) is 35.3 Å². The molecule has 9 heteroatoms. The fourth-order valence-electron chi connectivity index (χ4n) is 4.33. The number of nitrogens with one attached hydrogen (secondary N) is 1. The van der Waals surface area contributed by atoms with E-state index in [1.54, 1.807) is 31.0 Å². The van der Waals surface area contributed by atoms with E-state index in [1.165, 1.54) is 0 Å². The number of allylic oxidation sites excluding steroid dienone is 2. The van der Waals surface area contributed by atoms with Crippen molar-refractivity contribution in [2.75, 3.05) is 19.5 Å². The van der Waals surface area contributed by atoms with Crippen LogP contribution in [0.25, 0.3) is 11.4 Å². The van der Waals surface area contributed by atoms with Gasteiger partial charge in [-0.2, -0.15) is 4.98 Å². The first-order chi connectivity index (χ1) is 15.5. The topological polar surface area (TPSA) is 78.3 Å². The smallest absolute Gasteiger partial charge is 0.226 e. The Labute approximate surface area is 195 Å². The molecular weight excluding hydrogens is 451 g/mol. The van der Waals surface area contributed by atoms with Gasteiger partial charge in [-0.15, -0.1) is 5.10 Å². The molecule has 7 nitrogen and oxygen atoms in total. The van der Waals surface area contributed by atoms with Gasteiger partial charge in [0.15, 0.2) is 23.1 Å². The number of nitrogens with zero attached hydrogens (tertiary/aromatic N) is 3. The van der Waals surface area contributed by atoms with Crippen LogP contribution in [-0.2, 0) is 4.79 Å². The van der Waals surface area contributed by atoms with Gasteiger partial charge in [0, 0.05) is 28.8 Å². The summed E-state index contributed by atoms with van der Waals surface area (Å²) >= 11 is 12.3. The zero-order valence-electron chi connectivity index (χ0n) is 17.5. The minimum absolute atomic E-state index is 0.0888. The largest absolute Gasteiger partial charge is 0.493 e. The predicted octanol–water partition coefficient (Wildman–Crippen LogP) is 5.29. The molecule has 0 fully saturated rings. The molecular formula is C23H20Cl2N4O3. The number of hydrogen-bond acceptors (Lipinski definition) is 6. The monoisotopic (exact) mass is 470 g/mol. The summed E-state index contributed by atoms with van der Waals surface area (Å²) in [5.41, 5.74) is 3.06. The molecule has 32 heavy (non-hydrogen) atoms. The summed E-state index contributed by atoms with van der Waals surface area (Å²) in [6.45, 7) is 0. The number of benzene rings is 2. The lowest BCUT2D eigenvalue weighted by Gasteiger charge is -2.32. The molecule has 1 aliphatic carbocycles. The molecule has 0 spiro atoms. The Bertz CT molecular complexity index is 1270. The first-order valence-corrected chi connectivity index (χ1v) is 10.9. The van der Waals surface area contributed by atoms with Gasteiger partial charge < -0.3 is 14.8 Å². The van der Waals surface area contributed by atoms with Crippen molar-refractivity contribution in [2.24, 2.45) is 0 Å². The molecule has 3 aromatic rings. The molecule has 1 aliphatic heterocycles. The normalized spacial score (nSPS) is 17.5. The number of Topliss-reactive ketones (excluding diaryl/α,β-unsaturated/α-hetero) is 1. The van der Waals surface area contributed by atoms with Gasteiger partial charge in [-0.05, 0) is 37.1 Å². The van der Waals surface area contributed by atoms with E-state index >= 15 is 0 Å². The zero-order valence-corrected chi connectivity index (χ0v) is 19.0. The first kappa shape index (κ1) is 20.8. The van der Waals surface area contributed by atoms with Crippen LogP contribution in [0.5, 0.6) is 11.5 Å². The summed E-state index contributed by atoms with van der Waals surface area (Å²) in [5, 5.41) is 8.97. The van der Waals surface area contributed by atoms with Crippen molar-refractivity contribution in [1.29, 1.82) is 0 Å². The highest BCUT2D eigenvalue weighted by Gasteiger charge is 2.38. The van der Waals surface area contributed by atoms with Crippen LogP contribution in [0.15, 0.2) is 47.7 Å². The predicted molar refractivity (Wildman–Crippen MR) is 123 cm³/mol. The molecule has 1 aromatic heterocycles. The lowest BCUT2D eigenvalue weighted by molar-refractivity contribution is -0.116. The summed E-state index contributed by atoms with van der Waals surface area (Å²) in [4.78, 5) is 17.8. The van der Waals surface area contributed by atoms with Gasteiger partial charge in [-0.3, -0.25) is 4.79 Å². The third-order valence-corrected chi connectivity index (χ3v) is 6.51. The molecule has 164 valence electrons. The summed E-state index contributed by atoms with van der Waals surface area (Å²) in [5.74, 6) is 2.26. The van der Waals surface area contributed by atoms with Crippen LogP contribution < -0.4 is 14.8 Å². The van der Waals surface area contributed by atoms with Gasteiger partial charge in [0.1, 0.15) is 6.04 Å².